The standard InChI is InChI=1S/C25H37N4O13P/c1-3-13(2)21(26)24(36)28-17(9-11-20(32)33)22(34)27-16(8-10-19(30)31)23(35)29-18(25(37)38)12-14-4-6-15(7-5-14)42-43(39,40)41/h4-7,13,16-18,21H,3,8-12,26H2,1-2H3,(H,27,34)(H,28,36)(H,29,35)(H,30,31)(H,32,33)(H,37,38)(H2,39,40,41)/t13-,16-,17-,18-,21-/m0/s1. The molecule has 0 saturated heterocycles. The SMILES string of the molecule is CC[C@H](C)[C@H](N)C(=O)N[C@@H](CCC(=O)O)C(=O)N[C@@H](CCC(=O)O)C(=O)N[C@@H](Cc1ccc(OP(=O)(O)O)cc1)C(=O)O. The minimum Gasteiger partial charge on any atom is -0.481 e. The lowest BCUT2D eigenvalue weighted by Crippen LogP contribution is -2.57. The van der Waals surface area contributed by atoms with Crippen molar-refractivity contribution in [1.82, 2.24) is 16.0 Å². The van der Waals surface area contributed by atoms with E-state index in [1.54, 1.807) is 13.8 Å². The molecule has 5 atom stereocenters. The monoisotopic (exact) mass is 632 g/mol. The van der Waals surface area contributed by atoms with Crippen molar-refractivity contribution in [3.8, 4) is 5.75 Å². The maximum absolute atomic E-state index is 13.1. The van der Waals surface area contributed by atoms with E-state index in [9.17, 15) is 38.4 Å². The van der Waals surface area contributed by atoms with Crippen LogP contribution in [0.25, 0.3) is 0 Å². The molecular weight excluding hydrogens is 595 g/mol. The smallest absolute Gasteiger partial charge is 0.481 e. The second kappa shape index (κ2) is 17.2. The van der Waals surface area contributed by atoms with E-state index >= 15 is 0 Å². The zero-order chi connectivity index (χ0) is 32.9. The van der Waals surface area contributed by atoms with Crippen molar-refractivity contribution in [2.45, 2.75) is 76.5 Å². The summed E-state index contributed by atoms with van der Waals surface area (Å²) >= 11 is 0. The van der Waals surface area contributed by atoms with Gasteiger partial charge >= 0.3 is 25.7 Å². The normalized spacial score (nSPS) is 14.7. The zero-order valence-electron chi connectivity index (χ0n) is 23.5. The van der Waals surface area contributed by atoms with Crippen molar-refractivity contribution in [1.29, 1.82) is 0 Å². The first-order chi connectivity index (χ1) is 19.9. The Morgan fingerprint density at radius 2 is 1.26 bits per heavy atom. The Kier molecular flexibility index (Phi) is 14.8. The highest BCUT2D eigenvalue weighted by atomic mass is 31.2. The van der Waals surface area contributed by atoms with Gasteiger partial charge in [0.2, 0.25) is 17.7 Å². The summed E-state index contributed by atoms with van der Waals surface area (Å²) in [7, 11) is -4.82. The van der Waals surface area contributed by atoms with Crippen LogP contribution in [0.2, 0.25) is 0 Å². The summed E-state index contributed by atoms with van der Waals surface area (Å²) in [5.41, 5.74) is 6.21. The molecule has 0 saturated carbocycles. The molecule has 0 radical (unpaired) electrons. The van der Waals surface area contributed by atoms with Crippen LogP contribution < -0.4 is 26.2 Å². The summed E-state index contributed by atoms with van der Waals surface area (Å²) in [6, 6.07) is -0.702. The number of amides is 3. The van der Waals surface area contributed by atoms with Crippen molar-refractivity contribution < 1.29 is 63.0 Å². The average Bonchev–Trinajstić information content (AvgIpc) is 2.91. The lowest BCUT2D eigenvalue weighted by molar-refractivity contribution is -0.143. The van der Waals surface area contributed by atoms with Crippen molar-refractivity contribution in [3.63, 3.8) is 0 Å². The molecule has 0 heterocycles. The molecule has 1 aromatic rings. The Morgan fingerprint density at radius 1 is 0.814 bits per heavy atom. The molecule has 0 aliphatic carbocycles. The molecule has 3 amide bonds. The molecular formula is C25H37N4O13P. The van der Waals surface area contributed by atoms with Crippen LogP contribution in [0.4, 0.5) is 0 Å². The Hall–Kier alpha value is -4.05. The van der Waals surface area contributed by atoms with Crippen LogP contribution in [-0.2, 0) is 39.8 Å². The number of phosphoric acid groups is 1. The molecule has 17 nitrogen and oxygen atoms in total. The van der Waals surface area contributed by atoms with Crippen LogP contribution in [0.5, 0.6) is 5.75 Å². The number of carboxylic acid groups (broad SMARTS) is 3. The van der Waals surface area contributed by atoms with Gasteiger partial charge in [0.05, 0.1) is 6.04 Å². The number of hydrogen-bond donors (Lipinski definition) is 9. The molecule has 1 rings (SSSR count). The van der Waals surface area contributed by atoms with E-state index in [1.807, 2.05) is 0 Å². The number of phosphoric ester groups is 1. The van der Waals surface area contributed by atoms with Gasteiger partial charge in [-0.3, -0.25) is 33.8 Å². The summed E-state index contributed by atoms with van der Waals surface area (Å²) in [6.45, 7) is 3.49. The molecule has 0 fully saturated rings. The third-order valence-electron chi connectivity index (χ3n) is 6.32. The lowest BCUT2D eigenvalue weighted by Gasteiger charge is -2.26. The lowest BCUT2D eigenvalue weighted by atomic mass is 9.98. The minimum atomic E-state index is -4.82. The predicted molar refractivity (Wildman–Crippen MR) is 147 cm³/mol. The van der Waals surface area contributed by atoms with Gasteiger partial charge in [0.25, 0.3) is 0 Å². The zero-order valence-corrected chi connectivity index (χ0v) is 24.4. The number of hydrogen-bond acceptors (Lipinski definition) is 9. The maximum Gasteiger partial charge on any atom is 0.524 e. The van der Waals surface area contributed by atoms with Crippen LogP contribution in [0.3, 0.4) is 0 Å². The van der Waals surface area contributed by atoms with Gasteiger partial charge in [-0.1, -0.05) is 32.4 Å². The molecule has 18 heteroatoms. The second-order valence-corrected chi connectivity index (χ2v) is 10.9. The Labute approximate surface area is 246 Å². The van der Waals surface area contributed by atoms with E-state index in [1.165, 1.54) is 24.3 Å². The van der Waals surface area contributed by atoms with Gasteiger partial charge in [-0.2, -0.15) is 0 Å². The van der Waals surface area contributed by atoms with Crippen LogP contribution in [0.15, 0.2) is 24.3 Å². The number of nitrogens with two attached hydrogens (primary N) is 1. The molecule has 1 aromatic carbocycles. The average molecular weight is 633 g/mol. The van der Waals surface area contributed by atoms with Gasteiger partial charge in [-0.25, -0.2) is 9.36 Å². The van der Waals surface area contributed by atoms with Crippen molar-refractivity contribution in [2.24, 2.45) is 11.7 Å². The summed E-state index contributed by atoms with van der Waals surface area (Å²) in [5.74, 6) is -7.38. The number of carboxylic acids is 3. The number of carbonyl (C=O) groups is 6. The highest BCUT2D eigenvalue weighted by Crippen LogP contribution is 2.37. The highest BCUT2D eigenvalue weighted by molar-refractivity contribution is 7.46. The van der Waals surface area contributed by atoms with Gasteiger partial charge in [-0.15, -0.1) is 0 Å². The minimum absolute atomic E-state index is 0.195. The van der Waals surface area contributed by atoms with Crippen LogP contribution in [0.1, 0.15) is 51.5 Å². The summed E-state index contributed by atoms with van der Waals surface area (Å²) in [6.07, 6.45) is -1.79. The van der Waals surface area contributed by atoms with E-state index in [4.69, 9.17) is 25.7 Å². The number of rotatable bonds is 19. The van der Waals surface area contributed by atoms with E-state index < -0.39 is 86.9 Å². The number of aliphatic carboxylic acids is 3. The van der Waals surface area contributed by atoms with Crippen LogP contribution >= 0.6 is 7.82 Å². The van der Waals surface area contributed by atoms with Gasteiger partial charge in [0.15, 0.2) is 0 Å². The van der Waals surface area contributed by atoms with E-state index in [-0.39, 0.29) is 24.5 Å². The fourth-order valence-corrected chi connectivity index (χ4v) is 4.05. The van der Waals surface area contributed by atoms with E-state index in [2.05, 4.69) is 20.5 Å². The predicted octanol–water partition coefficient (Wildman–Crippen LogP) is -0.657. The molecule has 0 aliphatic heterocycles. The molecule has 0 bridgehead atoms. The molecule has 43 heavy (non-hydrogen) atoms. The first-order valence-corrected chi connectivity index (χ1v) is 14.6. The molecule has 10 N–H and O–H groups in total. The van der Waals surface area contributed by atoms with Crippen molar-refractivity contribution in [3.05, 3.63) is 29.8 Å². The van der Waals surface area contributed by atoms with Crippen molar-refractivity contribution >= 4 is 43.5 Å². The van der Waals surface area contributed by atoms with Gasteiger partial charge in [0, 0.05) is 19.3 Å². The third-order valence-corrected chi connectivity index (χ3v) is 6.77. The third kappa shape index (κ3) is 14.1. The van der Waals surface area contributed by atoms with Gasteiger partial charge in [-0.05, 0) is 36.5 Å². The number of carbonyl (C=O) groups excluding carboxylic acids is 3. The molecule has 0 spiro atoms. The van der Waals surface area contributed by atoms with E-state index in [0.29, 0.717) is 12.0 Å². The van der Waals surface area contributed by atoms with Crippen molar-refractivity contribution in [2.75, 3.05) is 0 Å². The van der Waals surface area contributed by atoms with Gasteiger partial charge < -0.3 is 41.5 Å². The largest absolute Gasteiger partial charge is 0.524 e. The fraction of sp³-hybridized carbons (Fsp3) is 0.520. The van der Waals surface area contributed by atoms with Crippen LogP contribution in [-0.4, -0.2) is 84.9 Å². The topological polar surface area (TPSA) is 292 Å². The maximum atomic E-state index is 13.1. The second-order valence-electron chi connectivity index (χ2n) is 9.73. The Morgan fingerprint density at radius 3 is 1.65 bits per heavy atom. The highest BCUT2D eigenvalue weighted by Gasteiger charge is 2.31. The first-order valence-electron chi connectivity index (χ1n) is 13.1. The summed E-state index contributed by atoms with van der Waals surface area (Å²) < 4.78 is 15.4. The Balaban J connectivity index is 3.12. The molecule has 240 valence electrons. The molecule has 0 unspecified atom stereocenters. The number of nitrogens with one attached hydrogen (secondary N) is 3. The first kappa shape index (κ1) is 37.0. The van der Waals surface area contributed by atoms with Crippen LogP contribution in [0, 0.1) is 5.92 Å². The fourth-order valence-electron chi connectivity index (χ4n) is 3.66. The Bertz CT molecular complexity index is 1200. The van der Waals surface area contributed by atoms with E-state index in [0.717, 1.165) is 0 Å². The van der Waals surface area contributed by atoms with Gasteiger partial charge in [0.1, 0.15) is 23.9 Å². The summed E-state index contributed by atoms with van der Waals surface area (Å²) in [5, 5.41) is 34.7. The number of benzene rings is 1. The quantitative estimate of drug-likeness (QED) is 0.0856. The summed E-state index contributed by atoms with van der Waals surface area (Å²) in [4.78, 5) is 90.7. The molecule has 0 aromatic heterocycles. The molecule has 0 aliphatic rings.